The number of rotatable bonds is 2. The highest BCUT2D eigenvalue weighted by molar-refractivity contribution is 6.61. The third-order valence-electron chi connectivity index (χ3n) is 3.37. The Kier molecular flexibility index (Phi) is 2.87. The second-order valence-electron chi connectivity index (χ2n) is 5.07. The van der Waals surface area contributed by atoms with E-state index in [0.717, 1.165) is 0 Å². The van der Waals surface area contributed by atoms with Gasteiger partial charge in [-0.25, -0.2) is 9.97 Å². The van der Waals surface area contributed by atoms with E-state index in [-0.39, 0.29) is 11.2 Å². The number of aromatic nitrogens is 2. The Morgan fingerprint density at radius 3 is 2.24 bits per heavy atom. The lowest BCUT2D eigenvalue weighted by molar-refractivity contribution is 0.00578. The highest BCUT2D eigenvalue weighted by Crippen LogP contribution is 2.36. The topological polar surface area (TPSA) is 53.5 Å². The number of ether oxygens (including phenoxy) is 1. The van der Waals surface area contributed by atoms with Crippen molar-refractivity contribution in [3.8, 4) is 5.88 Å². The summed E-state index contributed by atoms with van der Waals surface area (Å²) < 4.78 is 16.8. The fraction of sp³-hybridized carbons (Fsp3) is 0.636. The minimum Gasteiger partial charge on any atom is -0.481 e. The van der Waals surface area contributed by atoms with Crippen LogP contribution in [0.25, 0.3) is 0 Å². The van der Waals surface area contributed by atoms with Gasteiger partial charge in [-0.1, -0.05) is 0 Å². The predicted octanol–water partition coefficient (Wildman–Crippen LogP) is 0.784. The van der Waals surface area contributed by atoms with Gasteiger partial charge < -0.3 is 14.0 Å². The second kappa shape index (κ2) is 3.96. The zero-order valence-corrected chi connectivity index (χ0v) is 10.9. The molecule has 2 heterocycles. The van der Waals surface area contributed by atoms with Gasteiger partial charge in [-0.3, -0.25) is 0 Å². The van der Waals surface area contributed by atoms with Gasteiger partial charge in [0.05, 0.1) is 23.9 Å². The highest BCUT2D eigenvalue weighted by atomic mass is 16.7. The van der Waals surface area contributed by atoms with E-state index in [4.69, 9.17) is 14.0 Å². The molecule has 1 aromatic heterocycles. The Labute approximate surface area is 102 Å². The normalized spacial score (nSPS) is 21.6. The van der Waals surface area contributed by atoms with Gasteiger partial charge in [0.2, 0.25) is 5.88 Å². The van der Waals surface area contributed by atoms with E-state index in [0.29, 0.717) is 11.5 Å². The molecule has 0 amide bonds. The number of hydrogen-bond acceptors (Lipinski definition) is 5. The summed E-state index contributed by atoms with van der Waals surface area (Å²) >= 11 is 0. The van der Waals surface area contributed by atoms with Gasteiger partial charge >= 0.3 is 7.12 Å². The lowest BCUT2D eigenvalue weighted by Crippen LogP contribution is -2.41. The third kappa shape index (κ3) is 2.15. The Hall–Kier alpha value is -1.14. The van der Waals surface area contributed by atoms with Gasteiger partial charge in [-0.15, -0.1) is 0 Å². The van der Waals surface area contributed by atoms with E-state index >= 15 is 0 Å². The summed E-state index contributed by atoms with van der Waals surface area (Å²) in [6.07, 6.45) is 1.44. The van der Waals surface area contributed by atoms with Crippen LogP contribution < -0.4 is 10.3 Å². The maximum absolute atomic E-state index is 5.88. The molecule has 1 aliphatic rings. The Balaban J connectivity index is 2.25. The van der Waals surface area contributed by atoms with Gasteiger partial charge in [-0.05, 0) is 27.7 Å². The summed E-state index contributed by atoms with van der Waals surface area (Å²) in [6.45, 7) is 8.02. The molecule has 5 nitrogen and oxygen atoms in total. The molecule has 0 atom stereocenters. The SMILES string of the molecule is COc1cc(B2OC(C)(C)C(C)(C)O2)ncn1. The molecule has 0 bridgehead atoms. The van der Waals surface area contributed by atoms with Gasteiger partial charge in [0, 0.05) is 6.07 Å². The molecule has 6 heteroatoms. The molecule has 1 aliphatic heterocycles. The lowest BCUT2D eigenvalue weighted by Gasteiger charge is -2.32. The zero-order valence-electron chi connectivity index (χ0n) is 10.9. The Morgan fingerprint density at radius 2 is 1.71 bits per heavy atom. The second-order valence-corrected chi connectivity index (χ2v) is 5.07. The van der Waals surface area contributed by atoms with Crippen LogP contribution in [0.5, 0.6) is 5.88 Å². The van der Waals surface area contributed by atoms with Crippen LogP contribution >= 0.6 is 0 Å². The minimum atomic E-state index is -0.475. The van der Waals surface area contributed by atoms with Crippen molar-refractivity contribution >= 4 is 12.7 Å². The number of nitrogens with zero attached hydrogens (tertiary/aromatic N) is 2. The fourth-order valence-corrected chi connectivity index (χ4v) is 1.56. The third-order valence-corrected chi connectivity index (χ3v) is 3.37. The maximum atomic E-state index is 5.88. The van der Waals surface area contributed by atoms with Crippen LogP contribution in [0.1, 0.15) is 27.7 Å². The Bertz CT molecular complexity index is 407. The van der Waals surface area contributed by atoms with E-state index < -0.39 is 7.12 Å². The van der Waals surface area contributed by atoms with E-state index in [2.05, 4.69) is 9.97 Å². The first kappa shape index (κ1) is 12.3. The van der Waals surface area contributed by atoms with Crippen molar-refractivity contribution in [1.82, 2.24) is 9.97 Å². The molecule has 0 unspecified atom stereocenters. The summed E-state index contributed by atoms with van der Waals surface area (Å²) in [5, 5.41) is 0. The van der Waals surface area contributed by atoms with Crippen LogP contribution in [0, 0.1) is 0 Å². The zero-order chi connectivity index (χ0) is 12.7. The summed E-state index contributed by atoms with van der Waals surface area (Å²) in [7, 11) is 1.09. The first-order valence-corrected chi connectivity index (χ1v) is 5.57. The molecule has 0 aromatic carbocycles. The first-order valence-electron chi connectivity index (χ1n) is 5.57. The largest absolute Gasteiger partial charge is 0.514 e. The summed E-state index contributed by atoms with van der Waals surface area (Å²) in [4.78, 5) is 8.12. The molecule has 92 valence electrons. The molecule has 1 aromatic rings. The van der Waals surface area contributed by atoms with E-state index in [1.54, 1.807) is 13.2 Å². The van der Waals surface area contributed by atoms with Crippen LogP contribution in [0.4, 0.5) is 0 Å². The highest BCUT2D eigenvalue weighted by Gasteiger charge is 2.52. The van der Waals surface area contributed by atoms with Crippen molar-refractivity contribution in [1.29, 1.82) is 0 Å². The predicted molar refractivity (Wildman–Crippen MR) is 64.3 cm³/mol. The molecule has 0 aliphatic carbocycles. The number of methoxy groups -OCH3 is 1. The fourth-order valence-electron chi connectivity index (χ4n) is 1.56. The number of hydrogen-bond donors (Lipinski definition) is 0. The van der Waals surface area contributed by atoms with Gasteiger partial charge in [0.1, 0.15) is 6.33 Å². The Morgan fingerprint density at radius 1 is 1.12 bits per heavy atom. The van der Waals surface area contributed by atoms with Crippen molar-refractivity contribution in [2.24, 2.45) is 0 Å². The smallest absolute Gasteiger partial charge is 0.481 e. The van der Waals surface area contributed by atoms with Crippen LogP contribution in [-0.4, -0.2) is 35.4 Å². The molecule has 2 rings (SSSR count). The van der Waals surface area contributed by atoms with Crippen molar-refractivity contribution in [2.75, 3.05) is 7.11 Å². The van der Waals surface area contributed by atoms with Crippen molar-refractivity contribution < 1.29 is 14.0 Å². The van der Waals surface area contributed by atoms with Gasteiger partial charge in [-0.2, -0.15) is 0 Å². The van der Waals surface area contributed by atoms with Crippen LogP contribution in [0.2, 0.25) is 0 Å². The van der Waals surface area contributed by atoms with Crippen LogP contribution in [0.15, 0.2) is 12.4 Å². The molecule has 0 saturated carbocycles. The molecule has 0 spiro atoms. The van der Waals surface area contributed by atoms with Gasteiger partial charge in [0.15, 0.2) is 0 Å². The van der Waals surface area contributed by atoms with Crippen molar-refractivity contribution in [3.05, 3.63) is 12.4 Å². The van der Waals surface area contributed by atoms with Gasteiger partial charge in [0.25, 0.3) is 0 Å². The van der Waals surface area contributed by atoms with E-state index in [1.807, 2.05) is 27.7 Å². The van der Waals surface area contributed by atoms with Crippen molar-refractivity contribution in [2.45, 2.75) is 38.9 Å². The van der Waals surface area contributed by atoms with Crippen LogP contribution in [-0.2, 0) is 9.31 Å². The van der Waals surface area contributed by atoms with E-state index in [9.17, 15) is 0 Å². The molecular weight excluding hydrogens is 219 g/mol. The lowest BCUT2D eigenvalue weighted by atomic mass is 9.84. The molecule has 17 heavy (non-hydrogen) atoms. The average Bonchev–Trinajstić information content (AvgIpc) is 2.48. The molecular formula is C11H17BN2O3. The maximum Gasteiger partial charge on any atom is 0.514 e. The monoisotopic (exact) mass is 236 g/mol. The standard InChI is InChI=1S/C11H17BN2O3/c1-10(2)11(3,4)17-12(16-10)8-6-9(15-5)14-7-13-8/h6-7H,1-5H3. The van der Waals surface area contributed by atoms with E-state index in [1.165, 1.54) is 6.33 Å². The quantitative estimate of drug-likeness (QED) is 0.710. The molecule has 1 saturated heterocycles. The molecule has 1 fully saturated rings. The van der Waals surface area contributed by atoms with Crippen LogP contribution in [0.3, 0.4) is 0 Å². The summed E-state index contributed by atoms with van der Waals surface area (Å²) in [6, 6.07) is 1.72. The van der Waals surface area contributed by atoms with Crippen molar-refractivity contribution in [3.63, 3.8) is 0 Å². The first-order chi connectivity index (χ1) is 7.86. The molecule has 0 radical (unpaired) electrons. The molecule has 0 N–H and O–H groups in total. The minimum absolute atomic E-state index is 0.365. The summed E-state index contributed by atoms with van der Waals surface area (Å²) in [5.41, 5.74) is -0.0541. The average molecular weight is 236 g/mol. The summed E-state index contributed by atoms with van der Waals surface area (Å²) in [5.74, 6) is 0.504.